The number of amides is 1. The Morgan fingerprint density at radius 2 is 1.63 bits per heavy atom. The molecule has 2 aliphatic rings. The third kappa shape index (κ3) is 6.57. The molecule has 2 aliphatic heterocycles. The fraction of sp³-hybridized carbons (Fsp3) is 0.750. The monoisotopic (exact) mass is 597 g/mol. The van der Waals surface area contributed by atoms with E-state index in [1.807, 2.05) is 0 Å². The van der Waals surface area contributed by atoms with Crippen molar-refractivity contribution in [1.29, 1.82) is 0 Å². The van der Waals surface area contributed by atoms with Crippen LogP contribution in [0.4, 0.5) is 15.3 Å². The van der Waals surface area contributed by atoms with Crippen LogP contribution < -0.4 is 5.73 Å². The van der Waals surface area contributed by atoms with Crippen LogP contribution in [-0.4, -0.2) is 85.9 Å². The van der Waals surface area contributed by atoms with Crippen LogP contribution in [0.1, 0.15) is 84.4 Å². The van der Waals surface area contributed by atoms with Crippen LogP contribution in [0.2, 0.25) is 18.1 Å². The number of hydrogen-bond donors (Lipinski definition) is 1. The van der Waals surface area contributed by atoms with E-state index in [9.17, 15) is 14.4 Å². The van der Waals surface area contributed by atoms with Crippen molar-refractivity contribution in [3.8, 4) is 0 Å². The highest BCUT2D eigenvalue weighted by Gasteiger charge is 2.61. The average molecular weight is 598 g/mol. The first-order valence-electron chi connectivity index (χ1n) is 13.9. The van der Waals surface area contributed by atoms with Gasteiger partial charge in [0.2, 0.25) is 0 Å². The zero-order chi connectivity index (χ0) is 31.3. The standard InChI is InChI=1S/C28H47N3O9Si/c1-13-36-23(32)20-18(29)16(14-30(20)24(33)35-10)19-22-21(38-28(8,9)39-22)17(15-37-41(11,12)27(5,6)7)31(19)25(34)40-26(2,3)4/h14,17,19,21-22H,13,15,29H2,1-12H3/t17-,19+,21-,22+/m1/s1. The van der Waals surface area contributed by atoms with Crippen molar-refractivity contribution >= 4 is 32.2 Å². The smallest absolute Gasteiger partial charge is 0.418 e. The third-order valence-electron chi connectivity index (χ3n) is 7.77. The summed E-state index contributed by atoms with van der Waals surface area (Å²) in [6.45, 7) is 21.4. The van der Waals surface area contributed by atoms with Crippen molar-refractivity contribution in [2.24, 2.45) is 0 Å². The van der Waals surface area contributed by atoms with Crippen LogP contribution in [0.3, 0.4) is 0 Å². The van der Waals surface area contributed by atoms with E-state index in [4.69, 9.17) is 33.8 Å². The van der Waals surface area contributed by atoms with Crippen LogP contribution in [0.15, 0.2) is 6.20 Å². The van der Waals surface area contributed by atoms with Gasteiger partial charge in [0, 0.05) is 11.8 Å². The van der Waals surface area contributed by atoms with Gasteiger partial charge in [-0.1, -0.05) is 20.8 Å². The fourth-order valence-corrected chi connectivity index (χ4v) is 5.90. The van der Waals surface area contributed by atoms with E-state index in [0.717, 1.165) is 4.57 Å². The number of nitrogens with two attached hydrogens (primary N) is 1. The predicted molar refractivity (Wildman–Crippen MR) is 154 cm³/mol. The lowest BCUT2D eigenvalue weighted by molar-refractivity contribution is -0.168. The van der Waals surface area contributed by atoms with Gasteiger partial charge in [-0.15, -0.1) is 0 Å². The molecule has 0 spiro atoms. The van der Waals surface area contributed by atoms with Gasteiger partial charge in [0.05, 0.1) is 38.1 Å². The molecule has 13 heteroatoms. The van der Waals surface area contributed by atoms with E-state index < -0.39 is 62.2 Å². The maximum absolute atomic E-state index is 13.9. The largest absolute Gasteiger partial charge is 0.461 e. The number of hydrogen-bond acceptors (Lipinski definition) is 10. The summed E-state index contributed by atoms with van der Waals surface area (Å²) in [6.07, 6.45) is -1.41. The van der Waals surface area contributed by atoms with E-state index in [-0.39, 0.29) is 29.6 Å². The third-order valence-corrected chi connectivity index (χ3v) is 12.3. The van der Waals surface area contributed by atoms with Crippen molar-refractivity contribution in [1.82, 2.24) is 9.47 Å². The Morgan fingerprint density at radius 1 is 1.05 bits per heavy atom. The Hall–Kier alpha value is -2.61. The van der Waals surface area contributed by atoms with Crippen LogP contribution in [0, 0.1) is 0 Å². The average Bonchev–Trinajstić information content (AvgIpc) is 3.41. The summed E-state index contributed by atoms with van der Waals surface area (Å²) in [7, 11) is -1.06. The van der Waals surface area contributed by atoms with Gasteiger partial charge in [-0.3, -0.25) is 4.90 Å². The van der Waals surface area contributed by atoms with Gasteiger partial charge in [0.25, 0.3) is 0 Å². The molecule has 1 amide bonds. The Labute approximate surface area is 243 Å². The van der Waals surface area contributed by atoms with E-state index in [1.165, 1.54) is 18.2 Å². The number of fused-ring (bicyclic) bond motifs is 1. The van der Waals surface area contributed by atoms with Crippen molar-refractivity contribution in [3.63, 3.8) is 0 Å². The number of carbonyl (C=O) groups excluding carboxylic acids is 3. The zero-order valence-electron chi connectivity index (χ0n) is 26.4. The number of rotatable bonds is 6. The normalized spacial score (nSPS) is 24.2. The molecular weight excluding hydrogens is 550 g/mol. The molecule has 232 valence electrons. The molecule has 2 saturated heterocycles. The van der Waals surface area contributed by atoms with Gasteiger partial charge in [-0.2, -0.15) is 0 Å². The molecule has 0 bridgehead atoms. The van der Waals surface area contributed by atoms with Crippen molar-refractivity contribution in [2.75, 3.05) is 26.1 Å². The summed E-state index contributed by atoms with van der Waals surface area (Å²) in [5.41, 5.74) is 5.81. The topological polar surface area (TPSA) is 141 Å². The lowest BCUT2D eigenvalue weighted by Gasteiger charge is -2.40. The molecule has 3 rings (SSSR count). The molecule has 2 N–H and O–H groups in total. The minimum atomic E-state index is -2.25. The van der Waals surface area contributed by atoms with E-state index in [0.29, 0.717) is 5.56 Å². The summed E-state index contributed by atoms with van der Waals surface area (Å²) < 4.78 is 36.3. The Balaban J connectivity index is 2.21. The quantitative estimate of drug-likeness (QED) is 0.269. The molecule has 0 radical (unpaired) electrons. The number of nitrogen functional groups attached to an aromatic ring is 1. The second-order valence-electron chi connectivity index (χ2n) is 13.4. The summed E-state index contributed by atoms with van der Waals surface area (Å²) in [5, 5.41) is -0.0792. The maximum Gasteiger partial charge on any atom is 0.418 e. The van der Waals surface area contributed by atoms with Crippen LogP contribution in [0.5, 0.6) is 0 Å². The molecule has 2 fully saturated rings. The second kappa shape index (κ2) is 11.2. The van der Waals surface area contributed by atoms with Gasteiger partial charge in [0.1, 0.15) is 17.8 Å². The number of nitrogens with zero attached hydrogens (tertiary/aromatic N) is 2. The highest BCUT2D eigenvalue weighted by atomic mass is 28.4. The van der Waals surface area contributed by atoms with Crippen LogP contribution in [-0.2, 0) is 28.1 Å². The predicted octanol–water partition coefficient (Wildman–Crippen LogP) is 5.06. The first kappa shape index (κ1) is 32.9. The Kier molecular flexibility index (Phi) is 9.01. The number of carbonyl (C=O) groups is 3. The summed E-state index contributed by atoms with van der Waals surface area (Å²) >= 11 is 0. The molecule has 12 nitrogen and oxygen atoms in total. The highest BCUT2D eigenvalue weighted by molar-refractivity contribution is 6.74. The van der Waals surface area contributed by atoms with Crippen molar-refractivity contribution in [2.45, 2.75) is 116 Å². The number of esters is 1. The SMILES string of the molecule is CCOC(=O)c1c(N)c([C@H]2[C@@H]3OC(C)(C)O[C@@H]3[C@@H](CO[Si](C)(C)C(C)(C)C)N2C(=O)OC(C)(C)C)cn1C(=O)OC. The highest BCUT2D eigenvalue weighted by Crippen LogP contribution is 2.50. The summed E-state index contributed by atoms with van der Waals surface area (Å²) in [5.74, 6) is -1.78. The van der Waals surface area contributed by atoms with Crippen molar-refractivity contribution in [3.05, 3.63) is 17.5 Å². The Morgan fingerprint density at radius 3 is 2.15 bits per heavy atom. The minimum Gasteiger partial charge on any atom is -0.461 e. The molecule has 0 aromatic carbocycles. The number of ether oxygens (including phenoxy) is 5. The Bertz CT molecular complexity index is 1170. The lowest BCUT2D eigenvalue weighted by atomic mass is 10.0. The minimum absolute atomic E-state index is 0.0366. The molecule has 4 atom stereocenters. The van der Waals surface area contributed by atoms with Gasteiger partial charge in [-0.05, 0) is 59.7 Å². The molecule has 0 saturated carbocycles. The first-order valence-corrected chi connectivity index (χ1v) is 16.8. The lowest BCUT2D eigenvalue weighted by Crippen LogP contribution is -2.50. The van der Waals surface area contributed by atoms with E-state index in [2.05, 4.69) is 33.9 Å². The molecule has 0 aliphatic carbocycles. The van der Waals surface area contributed by atoms with Crippen molar-refractivity contribution < 1.29 is 42.5 Å². The second-order valence-corrected chi connectivity index (χ2v) is 18.3. The van der Waals surface area contributed by atoms with Crippen LogP contribution >= 0.6 is 0 Å². The maximum atomic E-state index is 13.9. The molecule has 1 aromatic rings. The van der Waals surface area contributed by atoms with E-state index >= 15 is 0 Å². The number of methoxy groups -OCH3 is 1. The fourth-order valence-electron chi connectivity index (χ4n) is 4.88. The summed E-state index contributed by atoms with van der Waals surface area (Å²) in [6, 6.07) is -1.51. The van der Waals surface area contributed by atoms with Crippen LogP contribution in [0.25, 0.3) is 0 Å². The molecule has 41 heavy (non-hydrogen) atoms. The number of aromatic nitrogens is 1. The number of likely N-dealkylation sites (tertiary alicyclic amines) is 1. The molecular formula is C28H47N3O9Si. The van der Waals surface area contributed by atoms with Gasteiger partial charge in [-0.25, -0.2) is 19.0 Å². The molecule has 1 aromatic heterocycles. The first-order chi connectivity index (χ1) is 18.7. The van der Waals surface area contributed by atoms with Gasteiger partial charge < -0.3 is 33.8 Å². The molecule has 3 heterocycles. The van der Waals surface area contributed by atoms with Gasteiger partial charge >= 0.3 is 18.2 Å². The van der Waals surface area contributed by atoms with E-state index in [1.54, 1.807) is 41.5 Å². The van der Waals surface area contributed by atoms with Gasteiger partial charge in [0.15, 0.2) is 19.8 Å². The zero-order valence-corrected chi connectivity index (χ0v) is 27.4. The number of anilines is 1. The molecule has 0 unspecified atom stereocenters. The summed E-state index contributed by atoms with van der Waals surface area (Å²) in [4.78, 5) is 41.1.